The Morgan fingerprint density at radius 2 is 1.33 bits per heavy atom. The molecule has 2 aromatic rings. The van der Waals surface area contributed by atoms with Gasteiger partial charge in [-0.3, -0.25) is 0 Å². The predicted molar refractivity (Wildman–Crippen MR) is 54.0 cm³/mol. The summed E-state index contributed by atoms with van der Waals surface area (Å²) in [5.41, 5.74) is 0. The number of nitrogens with zero attached hydrogens (tertiary/aromatic N) is 2. The summed E-state index contributed by atoms with van der Waals surface area (Å²) >= 11 is 3.44. The fourth-order valence-corrected chi connectivity index (χ4v) is 2.98. The Balaban J connectivity index is 2.52. The second-order valence-electron chi connectivity index (χ2n) is 2.53. The largest absolute Gasteiger partial charge is 0.229 e. The minimum Gasteiger partial charge on any atom is -0.229 e. The molecule has 64 valence electrons. The molecule has 2 aromatic heterocycles. The number of hydrogen-bond acceptors (Lipinski definition) is 4. The van der Waals surface area contributed by atoms with Gasteiger partial charge in [0.1, 0.15) is 0 Å². The molecular formula is C8H10N2S2. The molecule has 0 aliphatic carbocycles. The second kappa shape index (κ2) is 3.11. The molecule has 0 amide bonds. The first-order valence-electron chi connectivity index (χ1n) is 4.08. The van der Waals surface area contributed by atoms with E-state index in [1.54, 1.807) is 22.7 Å². The molecule has 12 heavy (non-hydrogen) atoms. The van der Waals surface area contributed by atoms with E-state index in [0.717, 1.165) is 22.5 Å². The summed E-state index contributed by atoms with van der Waals surface area (Å²) in [6.07, 6.45) is 2.05. The van der Waals surface area contributed by atoms with Gasteiger partial charge in [0, 0.05) is 0 Å². The zero-order valence-electron chi connectivity index (χ0n) is 7.13. The summed E-state index contributed by atoms with van der Waals surface area (Å²) in [5.74, 6) is 0. The lowest BCUT2D eigenvalue weighted by atomic mass is 10.5. The van der Waals surface area contributed by atoms with Crippen LogP contribution >= 0.6 is 22.7 Å². The second-order valence-corrected chi connectivity index (χ2v) is 4.66. The summed E-state index contributed by atoms with van der Waals surface area (Å²) < 4.78 is 0. The Kier molecular flexibility index (Phi) is 2.11. The van der Waals surface area contributed by atoms with Crippen LogP contribution in [0.3, 0.4) is 0 Å². The molecule has 0 radical (unpaired) electrons. The first-order valence-corrected chi connectivity index (χ1v) is 5.72. The van der Waals surface area contributed by atoms with Crippen molar-refractivity contribution in [1.29, 1.82) is 0 Å². The molecule has 0 aliphatic rings. The van der Waals surface area contributed by atoms with Crippen molar-refractivity contribution in [3.8, 4) is 0 Å². The third-order valence-electron chi connectivity index (χ3n) is 1.67. The van der Waals surface area contributed by atoms with Crippen molar-refractivity contribution in [2.24, 2.45) is 0 Å². The van der Waals surface area contributed by atoms with Crippen molar-refractivity contribution >= 4 is 32.3 Å². The lowest BCUT2D eigenvalue weighted by Crippen LogP contribution is -1.74. The Morgan fingerprint density at radius 1 is 0.917 bits per heavy atom. The van der Waals surface area contributed by atoms with E-state index in [-0.39, 0.29) is 0 Å². The molecule has 0 atom stereocenters. The van der Waals surface area contributed by atoms with Gasteiger partial charge in [0.15, 0.2) is 9.66 Å². The number of fused-ring (bicyclic) bond motifs is 1. The van der Waals surface area contributed by atoms with Gasteiger partial charge in [0.2, 0.25) is 0 Å². The number of aryl methyl sites for hydroxylation is 2. The Morgan fingerprint density at radius 3 is 1.67 bits per heavy atom. The molecule has 2 nitrogen and oxygen atoms in total. The van der Waals surface area contributed by atoms with Crippen molar-refractivity contribution in [3.63, 3.8) is 0 Å². The third-order valence-corrected chi connectivity index (χ3v) is 3.99. The van der Waals surface area contributed by atoms with Crippen molar-refractivity contribution in [2.45, 2.75) is 26.7 Å². The van der Waals surface area contributed by atoms with Gasteiger partial charge < -0.3 is 0 Å². The molecule has 2 heterocycles. The van der Waals surface area contributed by atoms with E-state index in [1.807, 2.05) is 0 Å². The zero-order chi connectivity index (χ0) is 8.55. The highest BCUT2D eigenvalue weighted by Gasteiger charge is 2.07. The zero-order valence-corrected chi connectivity index (χ0v) is 8.76. The van der Waals surface area contributed by atoms with Crippen LogP contribution in [0, 0.1) is 0 Å². The lowest BCUT2D eigenvalue weighted by molar-refractivity contribution is 1.11. The molecule has 0 N–H and O–H groups in total. The van der Waals surface area contributed by atoms with Gasteiger partial charge in [0.25, 0.3) is 0 Å². The summed E-state index contributed by atoms with van der Waals surface area (Å²) in [5, 5.41) is 2.40. The van der Waals surface area contributed by atoms with Gasteiger partial charge in [-0.05, 0) is 12.8 Å². The normalized spacial score (nSPS) is 11.2. The number of rotatable bonds is 2. The van der Waals surface area contributed by atoms with Gasteiger partial charge in [-0.2, -0.15) is 0 Å². The average Bonchev–Trinajstić information content (AvgIpc) is 2.59. The van der Waals surface area contributed by atoms with Crippen LogP contribution in [-0.2, 0) is 12.8 Å². The van der Waals surface area contributed by atoms with Crippen LogP contribution < -0.4 is 0 Å². The summed E-state index contributed by atoms with van der Waals surface area (Å²) in [7, 11) is 0. The molecule has 0 saturated carbocycles. The minimum atomic E-state index is 1.02. The van der Waals surface area contributed by atoms with E-state index in [9.17, 15) is 0 Å². The van der Waals surface area contributed by atoms with Crippen molar-refractivity contribution in [1.82, 2.24) is 9.97 Å². The van der Waals surface area contributed by atoms with E-state index in [4.69, 9.17) is 0 Å². The molecule has 0 unspecified atom stereocenters. The third kappa shape index (κ3) is 1.25. The highest BCUT2D eigenvalue weighted by Crippen LogP contribution is 2.27. The maximum absolute atomic E-state index is 4.47. The van der Waals surface area contributed by atoms with Gasteiger partial charge in [-0.25, -0.2) is 9.97 Å². The van der Waals surface area contributed by atoms with E-state index < -0.39 is 0 Å². The standard InChI is InChI=1S/C8H10N2S2/c1-3-5-9-7-8(11-5)10-6(4-2)12-7/h3-4H2,1-2H3. The van der Waals surface area contributed by atoms with Crippen molar-refractivity contribution < 1.29 is 0 Å². The molecule has 0 fully saturated rings. The molecule has 0 aromatic carbocycles. The van der Waals surface area contributed by atoms with Crippen LogP contribution in [-0.4, -0.2) is 9.97 Å². The number of thiazole rings is 2. The van der Waals surface area contributed by atoms with Crippen molar-refractivity contribution in [2.75, 3.05) is 0 Å². The van der Waals surface area contributed by atoms with Crippen LogP contribution in [0.5, 0.6) is 0 Å². The monoisotopic (exact) mass is 198 g/mol. The SMILES string of the molecule is CCc1nc2sc(CC)nc2s1. The summed E-state index contributed by atoms with van der Waals surface area (Å²) in [6.45, 7) is 4.26. The van der Waals surface area contributed by atoms with Crippen LogP contribution in [0.4, 0.5) is 0 Å². The summed E-state index contributed by atoms with van der Waals surface area (Å²) in [4.78, 5) is 11.2. The molecule has 0 aliphatic heterocycles. The molecule has 4 heteroatoms. The molecule has 0 saturated heterocycles. The average molecular weight is 198 g/mol. The van der Waals surface area contributed by atoms with E-state index in [2.05, 4.69) is 23.8 Å². The highest BCUT2D eigenvalue weighted by atomic mass is 32.1. The van der Waals surface area contributed by atoms with Crippen LogP contribution in [0.1, 0.15) is 23.9 Å². The van der Waals surface area contributed by atoms with Crippen molar-refractivity contribution in [3.05, 3.63) is 10.0 Å². The molecule has 0 bridgehead atoms. The number of aromatic nitrogens is 2. The maximum atomic E-state index is 4.47. The van der Waals surface area contributed by atoms with Crippen LogP contribution in [0.25, 0.3) is 9.66 Å². The first kappa shape index (κ1) is 8.13. The summed E-state index contributed by atoms with van der Waals surface area (Å²) in [6, 6.07) is 0. The van der Waals surface area contributed by atoms with Gasteiger partial charge >= 0.3 is 0 Å². The Hall–Kier alpha value is -0.480. The van der Waals surface area contributed by atoms with Gasteiger partial charge in [-0.1, -0.05) is 36.5 Å². The molecular weight excluding hydrogens is 188 g/mol. The topological polar surface area (TPSA) is 25.8 Å². The van der Waals surface area contributed by atoms with E-state index in [0.29, 0.717) is 0 Å². The Labute approximate surface area is 79.3 Å². The van der Waals surface area contributed by atoms with E-state index in [1.165, 1.54) is 10.0 Å². The quantitative estimate of drug-likeness (QED) is 0.741. The fraction of sp³-hybridized carbons (Fsp3) is 0.500. The Bertz CT molecular complexity index is 324. The highest BCUT2D eigenvalue weighted by molar-refractivity contribution is 7.26. The molecule has 0 spiro atoms. The fourth-order valence-electron chi connectivity index (χ4n) is 1.03. The van der Waals surface area contributed by atoms with E-state index >= 15 is 0 Å². The predicted octanol–water partition coefficient (Wildman–Crippen LogP) is 2.88. The minimum absolute atomic E-state index is 1.02. The smallest absolute Gasteiger partial charge is 0.155 e. The van der Waals surface area contributed by atoms with Crippen LogP contribution in [0.15, 0.2) is 0 Å². The first-order chi connectivity index (χ1) is 5.83. The lowest BCUT2D eigenvalue weighted by Gasteiger charge is -1.82. The van der Waals surface area contributed by atoms with Gasteiger partial charge in [0.05, 0.1) is 10.0 Å². The number of hydrogen-bond donors (Lipinski definition) is 0. The van der Waals surface area contributed by atoms with Gasteiger partial charge in [-0.15, -0.1) is 0 Å². The maximum Gasteiger partial charge on any atom is 0.155 e. The van der Waals surface area contributed by atoms with Crippen LogP contribution in [0.2, 0.25) is 0 Å². The molecule has 2 rings (SSSR count).